The second kappa shape index (κ2) is 6.13. The van der Waals surface area contributed by atoms with Gasteiger partial charge in [0.1, 0.15) is 5.75 Å². The van der Waals surface area contributed by atoms with Crippen molar-refractivity contribution in [1.82, 2.24) is 4.90 Å². The molecular weight excluding hydrogens is 256 g/mol. The highest BCUT2D eigenvalue weighted by Gasteiger charge is 2.24. The zero-order valence-corrected chi connectivity index (χ0v) is 12.3. The van der Waals surface area contributed by atoms with Crippen molar-refractivity contribution in [3.63, 3.8) is 0 Å². The Bertz CT molecular complexity index is 480. The van der Waals surface area contributed by atoms with Gasteiger partial charge in [-0.1, -0.05) is 0 Å². The quantitative estimate of drug-likeness (QED) is 0.912. The first kappa shape index (κ1) is 14.7. The van der Waals surface area contributed by atoms with E-state index in [1.54, 1.807) is 19.2 Å². The molecule has 0 amide bonds. The lowest BCUT2D eigenvalue weighted by atomic mass is 10.0. The van der Waals surface area contributed by atoms with E-state index >= 15 is 0 Å². The van der Waals surface area contributed by atoms with E-state index in [0.29, 0.717) is 17.4 Å². The molecule has 5 nitrogen and oxygen atoms in total. The Kier molecular flexibility index (Phi) is 4.49. The summed E-state index contributed by atoms with van der Waals surface area (Å²) in [5, 5.41) is 9.32. The summed E-state index contributed by atoms with van der Waals surface area (Å²) in [7, 11) is 5.78. The van der Waals surface area contributed by atoms with Gasteiger partial charge < -0.3 is 19.6 Å². The highest BCUT2D eigenvalue weighted by molar-refractivity contribution is 5.94. The molecular formula is C15H22N2O3. The minimum Gasteiger partial charge on any atom is -0.497 e. The summed E-state index contributed by atoms with van der Waals surface area (Å²) >= 11 is 0. The van der Waals surface area contributed by atoms with Gasteiger partial charge in [0, 0.05) is 25.2 Å². The number of nitrogens with zero attached hydrogens (tertiary/aromatic N) is 2. The molecule has 0 atom stereocenters. The van der Waals surface area contributed by atoms with E-state index in [1.807, 2.05) is 6.07 Å². The maximum Gasteiger partial charge on any atom is 0.337 e. The van der Waals surface area contributed by atoms with Crippen molar-refractivity contribution in [1.29, 1.82) is 0 Å². The normalized spacial score (nSPS) is 16.5. The minimum atomic E-state index is -0.891. The number of rotatable bonds is 4. The molecule has 0 aliphatic carbocycles. The Balaban J connectivity index is 2.21. The Morgan fingerprint density at radius 2 is 2.00 bits per heavy atom. The molecule has 1 saturated heterocycles. The van der Waals surface area contributed by atoms with Crippen LogP contribution in [-0.2, 0) is 0 Å². The second-order valence-corrected chi connectivity index (χ2v) is 5.37. The fourth-order valence-electron chi connectivity index (χ4n) is 2.70. The van der Waals surface area contributed by atoms with Crippen LogP contribution in [0.2, 0.25) is 0 Å². The zero-order chi connectivity index (χ0) is 14.7. The van der Waals surface area contributed by atoms with E-state index in [-0.39, 0.29) is 0 Å². The number of benzene rings is 1. The number of methoxy groups -OCH3 is 1. The smallest absolute Gasteiger partial charge is 0.337 e. The van der Waals surface area contributed by atoms with E-state index in [9.17, 15) is 9.90 Å². The summed E-state index contributed by atoms with van der Waals surface area (Å²) in [4.78, 5) is 15.7. The van der Waals surface area contributed by atoms with Crippen LogP contribution in [0.25, 0.3) is 0 Å². The third-order valence-electron chi connectivity index (χ3n) is 3.97. The molecule has 1 aromatic carbocycles. The van der Waals surface area contributed by atoms with E-state index in [1.165, 1.54) is 0 Å². The van der Waals surface area contributed by atoms with Gasteiger partial charge in [-0.2, -0.15) is 0 Å². The Morgan fingerprint density at radius 1 is 1.35 bits per heavy atom. The van der Waals surface area contributed by atoms with Crippen molar-refractivity contribution in [2.75, 3.05) is 39.2 Å². The molecule has 1 aliphatic rings. The van der Waals surface area contributed by atoms with Crippen molar-refractivity contribution in [3.8, 4) is 5.75 Å². The molecule has 5 heteroatoms. The van der Waals surface area contributed by atoms with Crippen LogP contribution in [0.3, 0.4) is 0 Å². The van der Waals surface area contributed by atoms with Gasteiger partial charge in [0.2, 0.25) is 0 Å². The van der Waals surface area contributed by atoms with Crippen molar-refractivity contribution in [2.24, 2.45) is 0 Å². The SMILES string of the molecule is COc1ccc(C(=O)O)c(N2CCC(N(C)C)CC2)c1. The molecule has 0 saturated carbocycles. The highest BCUT2D eigenvalue weighted by atomic mass is 16.5. The Morgan fingerprint density at radius 3 is 2.50 bits per heavy atom. The lowest BCUT2D eigenvalue weighted by Gasteiger charge is -2.37. The summed E-state index contributed by atoms with van der Waals surface area (Å²) in [6.07, 6.45) is 2.09. The van der Waals surface area contributed by atoms with Crippen LogP contribution in [0.15, 0.2) is 18.2 Å². The van der Waals surface area contributed by atoms with Crippen LogP contribution in [0.1, 0.15) is 23.2 Å². The van der Waals surface area contributed by atoms with Crippen LogP contribution in [0.5, 0.6) is 5.75 Å². The third kappa shape index (κ3) is 3.04. The maximum absolute atomic E-state index is 11.4. The van der Waals surface area contributed by atoms with Crippen molar-refractivity contribution in [3.05, 3.63) is 23.8 Å². The first-order valence-corrected chi connectivity index (χ1v) is 6.85. The summed E-state index contributed by atoms with van der Waals surface area (Å²) in [5.41, 5.74) is 1.10. The summed E-state index contributed by atoms with van der Waals surface area (Å²) < 4.78 is 5.21. The molecule has 1 aromatic rings. The number of hydrogen-bond acceptors (Lipinski definition) is 4. The lowest BCUT2D eigenvalue weighted by molar-refractivity contribution is 0.0697. The fourth-order valence-corrected chi connectivity index (χ4v) is 2.70. The standard InChI is InChI=1S/C15H22N2O3/c1-16(2)11-6-8-17(9-7-11)14-10-12(20-3)4-5-13(14)15(18)19/h4-5,10-11H,6-9H2,1-3H3,(H,18,19). The summed E-state index contributed by atoms with van der Waals surface area (Å²) in [5.74, 6) is -0.197. The van der Waals surface area contributed by atoms with Gasteiger partial charge in [0.05, 0.1) is 18.4 Å². The molecule has 0 bridgehead atoms. The zero-order valence-electron chi connectivity index (χ0n) is 12.3. The van der Waals surface area contributed by atoms with Crippen LogP contribution >= 0.6 is 0 Å². The van der Waals surface area contributed by atoms with Gasteiger partial charge in [-0.25, -0.2) is 4.79 Å². The van der Waals surface area contributed by atoms with Crippen LogP contribution in [-0.4, -0.2) is 56.3 Å². The van der Waals surface area contributed by atoms with Gasteiger partial charge >= 0.3 is 5.97 Å². The van der Waals surface area contributed by atoms with Gasteiger partial charge in [-0.05, 0) is 39.1 Å². The maximum atomic E-state index is 11.4. The number of carboxylic acid groups (broad SMARTS) is 1. The highest BCUT2D eigenvalue weighted by Crippen LogP contribution is 2.29. The predicted molar refractivity (Wildman–Crippen MR) is 78.9 cm³/mol. The molecule has 0 aromatic heterocycles. The average Bonchev–Trinajstić information content (AvgIpc) is 2.46. The Labute approximate surface area is 119 Å². The van der Waals surface area contributed by atoms with Gasteiger partial charge in [0.15, 0.2) is 0 Å². The van der Waals surface area contributed by atoms with Crippen molar-refractivity contribution < 1.29 is 14.6 Å². The number of carboxylic acids is 1. The minimum absolute atomic E-state index is 0.342. The van der Waals surface area contributed by atoms with E-state index < -0.39 is 5.97 Å². The number of hydrogen-bond donors (Lipinski definition) is 1. The van der Waals surface area contributed by atoms with Crippen molar-refractivity contribution in [2.45, 2.75) is 18.9 Å². The lowest BCUT2D eigenvalue weighted by Crippen LogP contribution is -2.42. The Hall–Kier alpha value is -1.75. The molecule has 2 rings (SSSR count). The van der Waals surface area contributed by atoms with E-state index in [4.69, 9.17) is 4.74 Å². The number of ether oxygens (including phenoxy) is 1. The topological polar surface area (TPSA) is 53.0 Å². The number of carbonyl (C=O) groups is 1. The molecule has 1 N–H and O–H groups in total. The summed E-state index contributed by atoms with van der Waals surface area (Å²) in [6, 6.07) is 5.71. The molecule has 0 spiro atoms. The molecule has 0 radical (unpaired) electrons. The van der Waals surface area contributed by atoms with Gasteiger partial charge in [0.25, 0.3) is 0 Å². The molecule has 110 valence electrons. The van der Waals surface area contributed by atoms with E-state index in [2.05, 4.69) is 23.9 Å². The second-order valence-electron chi connectivity index (χ2n) is 5.37. The molecule has 20 heavy (non-hydrogen) atoms. The summed E-state index contributed by atoms with van der Waals surface area (Å²) in [6.45, 7) is 1.74. The largest absolute Gasteiger partial charge is 0.497 e. The first-order valence-electron chi connectivity index (χ1n) is 6.85. The van der Waals surface area contributed by atoms with Crippen LogP contribution in [0.4, 0.5) is 5.69 Å². The first-order chi connectivity index (χ1) is 9.52. The third-order valence-corrected chi connectivity index (χ3v) is 3.97. The average molecular weight is 278 g/mol. The van der Waals surface area contributed by atoms with Crippen molar-refractivity contribution >= 4 is 11.7 Å². The van der Waals surface area contributed by atoms with E-state index in [0.717, 1.165) is 31.6 Å². The number of anilines is 1. The fraction of sp³-hybridized carbons (Fsp3) is 0.533. The predicted octanol–water partition coefficient (Wildman–Crippen LogP) is 1.92. The number of piperidine rings is 1. The van der Waals surface area contributed by atoms with Crippen LogP contribution in [0, 0.1) is 0 Å². The van der Waals surface area contributed by atoms with Gasteiger partial charge in [-0.15, -0.1) is 0 Å². The molecule has 1 heterocycles. The molecule has 1 fully saturated rings. The monoisotopic (exact) mass is 278 g/mol. The molecule has 0 unspecified atom stereocenters. The number of aromatic carboxylic acids is 1. The van der Waals surface area contributed by atoms with Crippen LogP contribution < -0.4 is 9.64 Å². The van der Waals surface area contributed by atoms with Gasteiger partial charge in [-0.3, -0.25) is 0 Å². The molecule has 1 aliphatic heterocycles.